The normalized spacial score (nSPS) is 21.3. The predicted octanol–water partition coefficient (Wildman–Crippen LogP) is 3.85. The number of rotatable bonds is 3. The van der Waals surface area contributed by atoms with Crippen molar-refractivity contribution >= 4 is 28.0 Å². The van der Waals surface area contributed by atoms with Gasteiger partial charge >= 0.3 is 12.1 Å². The first-order valence-electron chi connectivity index (χ1n) is 7.63. The molecule has 5 nitrogen and oxygen atoms in total. The van der Waals surface area contributed by atoms with Gasteiger partial charge in [-0.15, -0.1) is 0 Å². The van der Waals surface area contributed by atoms with Gasteiger partial charge in [-0.3, -0.25) is 4.90 Å². The molecule has 1 aromatic carbocycles. The standard InChI is InChI=1S/C17H22BrNO4/c1-16(2,3)23-15(22)19-10-6-9-17(19,14(20)21)11-12-7-4-5-8-13(12)18/h4-5,7-8H,6,9-11H2,1-3H3,(H,20,21)/t17-/m1/s1. The summed E-state index contributed by atoms with van der Waals surface area (Å²) in [6.07, 6.45) is 0.756. The van der Waals surface area contributed by atoms with E-state index in [2.05, 4.69) is 15.9 Å². The van der Waals surface area contributed by atoms with E-state index in [1.165, 1.54) is 4.90 Å². The van der Waals surface area contributed by atoms with E-state index in [9.17, 15) is 14.7 Å². The van der Waals surface area contributed by atoms with Crippen LogP contribution in [-0.2, 0) is 16.0 Å². The summed E-state index contributed by atoms with van der Waals surface area (Å²) < 4.78 is 6.25. The van der Waals surface area contributed by atoms with Crippen LogP contribution in [-0.4, -0.2) is 39.8 Å². The smallest absolute Gasteiger partial charge is 0.411 e. The van der Waals surface area contributed by atoms with Gasteiger partial charge in [0, 0.05) is 17.4 Å². The second kappa shape index (κ2) is 6.51. The number of hydrogen-bond acceptors (Lipinski definition) is 3. The molecule has 0 unspecified atom stereocenters. The molecule has 1 heterocycles. The van der Waals surface area contributed by atoms with Gasteiger partial charge in [-0.1, -0.05) is 34.1 Å². The molecule has 1 fully saturated rings. The highest BCUT2D eigenvalue weighted by molar-refractivity contribution is 9.10. The van der Waals surface area contributed by atoms with Gasteiger partial charge < -0.3 is 9.84 Å². The van der Waals surface area contributed by atoms with Crippen LogP contribution in [0.2, 0.25) is 0 Å². The van der Waals surface area contributed by atoms with E-state index in [0.717, 1.165) is 10.0 Å². The molecule has 126 valence electrons. The molecule has 2 rings (SSSR count). The maximum Gasteiger partial charge on any atom is 0.411 e. The third-order valence-corrected chi connectivity index (χ3v) is 4.72. The molecule has 0 aliphatic carbocycles. The van der Waals surface area contributed by atoms with Crippen LogP contribution < -0.4 is 0 Å². The van der Waals surface area contributed by atoms with Gasteiger partial charge in [0.05, 0.1) is 0 Å². The van der Waals surface area contributed by atoms with Crippen molar-refractivity contribution in [2.24, 2.45) is 0 Å². The predicted molar refractivity (Wildman–Crippen MR) is 90.4 cm³/mol. The Morgan fingerprint density at radius 1 is 1.35 bits per heavy atom. The Bertz CT molecular complexity index is 611. The molecule has 1 aromatic rings. The number of carbonyl (C=O) groups is 2. The first-order chi connectivity index (χ1) is 10.7. The van der Waals surface area contributed by atoms with Crippen molar-refractivity contribution in [2.75, 3.05) is 6.54 Å². The highest BCUT2D eigenvalue weighted by Gasteiger charge is 2.51. The Morgan fingerprint density at radius 2 is 2.00 bits per heavy atom. The zero-order valence-electron chi connectivity index (χ0n) is 13.6. The Balaban J connectivity index is 2.33. The van der Waals surface area contributed by atoms with Crippen LogP contribution in [0.15, 0.2) is 28.7 Å². The minimum Gasteiger partial charge on any atom is -0.479 e. The van der Waals surface area contributed by atoms with Crippen molar-refractivity contribution in [2.45, 2.75) is 51.2 Å². The molecule has 1 aliphatic rings. The van der Waals surface area contributed by atoms with E-state index in [-0.39, 0.29) is 6.42 Å². The molecule has 6 heteroatoms. The second-order valence-corrected chi connectivity index (χ2v) is 7.69. The molecule has 1 N–H and O–H groups in total. The highest BCUT2D eigenvalue weighted by Crippen LogP contribution is 2.36. The van der Waals surface area contributed by atoms with Gasteiger partial charge in [0.25, 0.3) is 0 Å². The second-order valence-electron chi connectivity index (χ2n) is 6.84. The van der Waals surface area contributed by atoms with Crippen molar-refractivity contribution in [1.29, 1.82) is 0 Å². The number of nitrogens with zero attached hydrogens (tertiary/aromatic N) is 1. The molecule has 0 aromatic heterocycles. The van der Waals surface area contributed by atoms with E-state index >= 15 is 0 Å². The van der Waals surface area contributed by atoms with Crippen molar-refractivity contribution in [3.05, 3.63) is 34.3 Å². The molecule has 0 saturated carbocycles. The van der Waals surface area contributed by atoms with Gasteiger partial charge in [0.15, 0.2) is 0 Å². The number of carbonyl (C=O) groups excluding carboxylic acids is 1. The number of hydrogen-bond donors (Lipinski definition) is 1. The number of likely N-dealkylation sites (tertiary alicyclic amines) is 1. The average molecular weight is 384 g/mol. The summed E-state index contributed by atoms with van der Waals surface area (Å²) in [5.74, 6) is -0.989. The van der Waals surface area contributed by atoms with Crippen LogP contribution in [0.4, 0.5) is 4.79 Å². The summed E-state index contributed by atoms with van der Waals surface area (Å²) in [4.78, 5) is 25.9. The van der Waals surface area contributed by atoms with Crippen molar-refractivity contribution < 1.29 is 19.4 Å². The number of aliphatic carboxylic acids is 1. The van der Waals surface area contributed by atoms with Gasteiger partial charge in [0.1, 0.15) is 11.1 Å². The fraction of sp³-hybridized carbons (Fsp3) is 0.529. The molecular formula is C17H22BrNO4. The number of ether oxygens (including phenoxy) is 1. The number of carboxylic acids is 1. The Kier molecular flexibility index (Phi) is 5.04. The largest absolute Gasteiger partial charge is 0.479 e. The summed E-state index contributed by atoms with van der Waals surface area (Å²) in [6, 6.07) is 7.49. The van der Waals surface area contributed by atoms with Gasteiger partial charge in [-0.05, 0) is 45.2 Å². The highest BCUT2D eigenvalue weighted by atomic mass is 79.9. The lowest BCUT2D eigenvalue weighted by atomic mass is 9.88. The number of halogens is 1. The van der Waals surface area contributed by atoms with E-state index in [1.54, 1.807) is 20.8 Å². The molecule has 0 spiro atoms. The maximum atomic E-state index is 12.5. The van der Waals surface area contributed by atoms with E-state index in [1.807, 2.05) is 24.3 Å². The van der Waals surface area contributed by atoms with Gasteiger partial charge in [0.2, 0.25) is 0 Å². The van der Waals surface area contributed by atoms with Gasteiger partial charge in [-0.25, -0.2) is 9.59 Å². The van der Waals surface area contributed by atoms with Crippen LogP contribution in [0, 0.1) is 0 Å². The minimum atomic E-state index is -1.26. The Labute approximate surface area is 144 Å². The van der Waals surface area contributed by atoms with E-state index < -0.39 is 23.2 Å². The topological polar surface area (TPSA) is 66.8 Å². The molecule has 0 radical (unpaired) electrons. The zero-order chi connectivity index (χ0) is 17.3. The lowest BCUT2D eigenvalue weighted by Gasteiger charge is -2.36. The Morgan fingerprint density at radius 3 is 2.57 bits per heavy atom. The molecule has 0 bridgehead atoms. The van der Waals surface area contributed by atoms with E-state index in [4.69, 9.17) is 4.74 Å². The van der Waals surface area contributed by atoms with Crippen molar-refractivity contribution in [1.82, 2.24) is 4.90 Å². The summed E-state index contributed by atoms with van der Waals surface area (Å²) in [6.45, 7) is 5.72. The lowest BCUT2D eigenvalue weighted by Crippen LogP contribution is -2.55. The summed E-state index contributed by atoms with van der Waals surface area (Å²) in [5.41, 5.74) is -1.05. The third-order valence-electron chi connectivity index (χ3n) is 3.94. The first kappa shape index (κ1) is 17.8. The first-order valence-corrected chi connectivity index (χ1v) is 8.42. The third kappa shape index (κ3) is 3.86. The summed E-state index contributed by atoms with van der Waals surface area (Å²) in [5, 5.41) is 9.87. The van der Waals surface area contributed by atoms with Crippen molar-refractivity contribution in [3.63, 3.8) is 0 Å². The SMILES string of the molecule is CC(C)(C)OC(=O)N1CCC[C@@]1(Cc1ccccc1Br)C(=O)O. The fourth-order valence-corrected chi connectivity index (χ4v) is 3.33. The van der Waals surface area contributed by atoms with Crippen LogP contribution in [0.1, 0.15) is 39.2 Å². The quantitative estimate of drug-likeness (QED) is 0.860. The van der Waals surface area contributed by atoms with Crippen LogP contribution in [0.5, 0.6) is 0 Å². The minimum absolute atomic E-state index is 0.253. The molecule has 1 atom stereocenters. The lowest BCUT2D eigenvalue weighted by molar-refractivity contribution is -0.149. The average Bonchev–Trinajstić information content (AvgIpc) is 2.84. The fourth-order valence-electron chi connectivity index (χ4n) is 2.90. The maximum absolute atomic E-state index is 12.5. The molecule has 1 amide bonds. The van der Waals surface area contributed by atoms with Crippen LogP contribution >= 0.6 is 15.9 Å². The molecular weight excluding hydrogens is 362 g/mol. The van der Waals surface area contributed by atoms with Gasteiger partial charge in [-0.2, -0.15) is 0 Å². The van der Waals surface area contributed by atoms with E-state index in [0.29, 0.717) is 19.4 Å². The number of carboxylic acid groups (broad SMARTS) is 1. The molecule has 23 heavy (non-hydrogen) atoms. The zero-order valence-corrected chi connectivity index (χ0v) is 15.2. The van der Waals surface area contributed by atoms with Crippen LogP contribution in [0.25, 0.3) is 0 Å². The van der Waals surface area contributed by atoms with Crippen LogP contribution in [0.3, 0.4) is 0 Å². The molecule has 1 saturated heterocycles. The summed E-state index contributed by atoms with van der Waals surface area (Å²) in [7, 11) is 0. The Hall–Kier alpha value is -1.56. The van der Waals surface area contributed by atoms with Crippen molar-refractivity contribution in [3.8, 4) is 0 Å². The monoisotopic (exact) mass is 383 g/mol. The summed E-state index contributed by atoms with van der Waals surface area (Å²) >= 11 is 3.46. The molecule has 1 aliphatic heterocycles. The number of amides is 1. The number of benzene rings is 1.